The van der Waals surface area contributed by atoms with Crippen molar-refractivity contribution >= 4 is 5.91 Å². The van der Waals surface area contributed by atoms with E-state index in [1.54, 1.807) is 13.2 Å². The zero-order chi connectivity index (χ0) is 12.3. The number of hydrogen-bond donors (Lipinski definition) is 2. The number of benzene rings is 1. The van der Waals surface area contributed by atoms with E-state index < -0.39 is 0 Å². The van der Waals surface area contributed by atoms with Gasteiger partial charge in [0.05, 0.1) is 6.10 Å². The van der Waals surface area contributed by atoms with Gasteiger partial charge in [-0.3, -0.25) is 4.79 Å². The first-order valence-electron chi connectivity index (χ1n) is 5.85. The topological polar surface area (TPSA) is 64.3 Å². The second-order valence-corrected chi connectivity index (χ2v) is 4.40. The normalized spacial score (nSPS) is 22.9. The molecule has 2 rings (SSSR count). The average molecular weight is 234 g/mol. The molecule has 1 aliphatic rings. The highest BCUT2D eigenvalue weighted by atomic mass is 16.5. The second-order valence-electron chi connectivity index (χ2n) is 4.40. The molecule has 0 aliphatic heterocycles. The first-order valence-corrected chi connectivity index (χ1v) is 5.85. The highest BCUT2D eigenvalue weighted by Crippen LogP contribution is 2.22. The molecule has 4 nitrogen and oxygen atoms in total. The Balaban J connectivity index is 1.91. The van der Waals surface area contributed by atoms with Crippen molar-refractivity contribution in [2.45, 2.75) is 31.5 Å². The number of hydrogen-bond acceptors (Lipinski definition) is 3. The first kappa shape index (κ1) is 12.1. The van der Waals surface area contributed by atoms with Crippen molar-refractivity contribution < 1.29 is 9.53 Å². The Morgan fingerprint density at radius 2 is 2.29 bits per heavy atom. The maximum atomic E-state index is 11.9. The molecular formula is C13H18N2O2. The zero-order valence-corrected chi connectivity index (χ0v) is 9.98. The number of methoxy groups -OCH3 is 1. The molecule has 0 atom stereocenters. The van der Waals surface area contributed by atoms with Crippen LogP contribution in [0.1, 0.15) is 28.8 Å². The van der Waals surface area contributed by atoms with Crippen LogP contribution in [0, 0.1) is 0 Å². The van der Waals surface area contributed by atoms with Crippen molar-refractivity contribution in [3.8, 4) is 0 Å². The first-order chi connectivity index (χ1) is 8.22. The van der Waals surface area contributed by atoms with Gasteiger partial charge in [0.25, 0.3) is 5.91 Å². The Bertz CT molecular complexity index is 400. The van der Waals surface area contributed by atoms with E-state index in [9.17, 15) is 4.79 Å². The number of carbonyl (C=O) groups is 1. The molecule has 92 valence electrons. The highest BCUT2D eigenvalue weighted by Gasteiger charge is 2.30. The third-order valence-electron chi connectivity index (χ3n) is 3.19. The van der Waals surface area contributed by atoms with E-state index in [0.29, 0.717) is 18.2 Å². The Morgan fingerprint density at radius 1 is 1.53 bits per heavy atom. The molecule has 1 aromatic carbocycles. The van der Waals surface area contributed by atoms with Crippen LogP contribution in [0.25, 0.3) is 0 Å². The lowest BCUT2D eigenvalue weighted by atomic mass is 9.89. The molecule has 0 aromatic heterocycles. The van der Waals surface area contributed by atoms with Gasteiger partial charge in [-0.1, -0.05) is 12.1 Å². The van der Waals surface area contributed by atoms with Crippen LogP contribution in [0.3, 0.4) is 0 Å². The van der Waals surface area contributed by atoms with Crippen molar-refractivity contribution in [2.24, 2.45) is 5.73 Å². The zero-order valence-electron chi connectivity index (χ0n) is 9.98. The summed E-state index contributed by atoms with van der Waals surface area (Å²) in [6, 6.07) is 7.66. The van der Waals surface area contributed by atoms with Crippen LogP contribution in [0.4, 0.5) is 0 Å². The minimum absolute atomic E-state index is 0.0279. The van der Waals surface area contributed by atoms with Gasteiger partial charge in [-0.2, -0.15) is 0 Å². The van der Waals surface area contributed by atoms with E-state index in [1.165, 1.54) is 0 Å². The summed E-state index contributed by atoms with van der Waals surface area (Å²) in [5.74, 6) is -0.0279. The Kier molecular flexibility index (Phi) is 3.76. The molecule has 0 bridgehead atoms. The molecule has 1 aliphatic carbocycles. The van der Waals surface area contributed by atoms with Gasteiger partial charge in [-0.05, 0) is 30.5 Å². The van der Waals surface area contributed by atoms with E-state index in [0.717, 1.165) is 18.4 Å². The van der Waals surface area contributed by atoms with Gasteiger partial charge >= 0.3 is 0 Å². The molecule has 1 saturated carbocycles. The molecule has 4 heteroatoms. The van der Waals surface area contributed by atoms with E-state index in [1.807, 2.05) is 18.2 Å². The molecule has 17 heavy (non-hydrogen) atoms. The van der Waals surface area contributed by atoms with Crippen LogP contribution in [0.2, 0.25) is 0 Å². The van der Waals surface area contributed by atoms with Crippen LogP contribution in [0.5, 0.6) is 0 Å². The predicted octanol–water partition coefficient (Wildman–Crippen LogP) is 1.05. The van der Waals surface area contributed by atoms with Gasteiger partial charge in [0.2, 0.25) is 0 Å². The SMILES string of the molecule is COC1CC(NC(=O)c2cccc(CN)c2)C1. The van der Waals surface area contributed by atoms with Crippen LogP contribution in [-0.2, 0) is 11.3 Å². The van der Waals surface area contributed by atoms with Crippen molar-refractivity contribution in [3.05, 3.63) is 35.4 Å². The van der Waals surface area contributed by atoms with E-state index >= 15 is 0 Å². The summed E-state index contributed by atoms with van der Waals surface area (Å²) in [5.41, 5.74) is 7.19. The summed E-state index contributed by atoms with van der Waals surface area (Å²) >= 11 is 0. The number of nitrogens with one attached hydrogen (secondary N) is 1. The van der Waals surface area contributed by atoms with Gasteiger partial charge < -0.3 is 15.8 Å². The lowest BCUT2D eigenvalue weighted by Crippen LogP contribution is -2.47. The second kappa shape index (κ2) is 5.29. The third kappa shape index (κ3) is 2.84. The number of nitrogens with two attached hydrogens (primary N) is 1. The largest absolute Gasteiger partial charge is 0.381 e. The molecule has 0 heterocycles. The summed E-state index contributed by atoms with van der Waals surface area (Å²) in [7, 11) is 1.70. The number of ether oxygens (including phenoxy) is 1. The van der Waals surface area contributed by atoms with Crippen LogP contribution in [0.15, 0.2) is 24.3 Å². The Hall–Kier alpha value is -1.39. The fourth-order valence-electron chi connectivity index (χ4n) is 1.98. The van der Waals surface area contributed by atoms with E-state index in [2.05, 4.69) is 5.32 Å². The summed E-state index contributed by atoms with van der Waals surface area (Å²) in [4.78, 5) is 11.9. The van der Waals surface area contributed by atoms with Gasteiger partial charge in [0, 0.05) is 25.3 Å². The lowest BCUT2D eigenvalue weighted by Gasteiger charge is -2.34. The average Bonchev–Trinajstić information content (AvgIpc) is 2.33. The molecular weight excluding hydrogens is 216 g/mol. The molecule has 3 N–H and O–H groups in total. The number of amides is 1. The summed E-state index contributed by atoms with van der Waals surface area (Å²) in [6.45, 7) is 0.455. The van der Waals surface area contributed by atoms with Crippen LogP contribution < -0.4 is 11.1 Å². The molecule has 0 radical (unpaired) electrons. The molecule has 0 saturated heterocycles. The number of rotatable bonds is 4. The Morgan fingerprint density at radius 3 is 2.94 bits per heavy atom. The molecule has 1 amide bonds. The fourth-order valence-corrected chi connectivity index (χ4v) is 1.98. The maximum Gasteiger partial charge on any atom is 0.251 e. The quantitative estimate of drug-likeness (QED) is 0.818. The van der Waals surface area contributed by atoms with Crippen molar-refractivity contribution in [1.29, 1.82) is 0 Å². The molecule has 1 aromatic rings. The summed E-state index contributed by atoms with van der Waals surface area (Å²) in [6.07, 6.45) is 2.10. The molecule has 1 fully saturated rings. The van der Waals surface area contributed by atoms with Gasteiger partial charge in [0.1, 0.15) is 0 Å². The van der Waals surface area contributed by atoms with E-state index in [-0.39, 0.29) is 11.9 Å². The molecule has 0 spiro atoms. The number of carbonyl (C=O) groups excluding carboxylic acids is 1. The van der Waals surface area contributed by atoms with Gasteiger partial charge in [-0.25, -0.2) is 0 Å². The highest BCUT2D eigenvalue weighted by molar-refractivity contribution is 5.94. The lowest BCUT2D eigenvalue weighted by molar-refractivity contribution is 0.0176. The van der Waals surface area contributed by atoms with Crippen LogP contribution >= 0.6 is 0 Å². The Labute approximate surface area is 101 Å². The molecule has 0 unspecified atom stereocenters. The fraction of sp³-hybridized carbons (Fsp3) is 0.462. The van der Waals surface area contributed by atoms with Crippen LogP contribution in [-0.4, -0.2) is 25.2 Å². The minimum atomic E-state index is -0.0279. The smallest absolute Gasteiger partial charge is 0.251 e. The van der Waals surface area contributed by atoms with Crippen molar-refractivity contribution in [3.63, 3.8) is 0 Å². The van der Waals surface area contributed by atoms with Crippen molar-refractivity contribution in [1.82, 2.24) is 5.32 Å². The monoisotopic (exact) mass is 234 g/mol. The summed E-state index contributed by atoms with van der Waals surface area (Å²) < 4.78 is 5.17. The third-order valence-corrected chi connectivity index (χ3v) is 3.19. The van der Waals surface area contributed by atoms with Gasteiger partial charge in [0.15, 0.2) is 0 Å². The van der Waals surface area contributed by atoms with E-state index in [4.69, 9.17) is 10.5 Å². The van der Waals surface area contributed by atoms with Gasteiger partial charge in [-0.15, -0.1) is 0 Å². The standard InChI is InChI=1S/C13H18N2O2/c1-17-12-6-11(7-12)15-13(16)10-4-2-3-9(5-10)8-14/h2-5,11-12H,6-8,14H2,1H3,(H,15,16). The maximum absolute atomic E-state index is 11.9. The summed E-state index contributed by atoms with van der Waals surface area (Å²) in [5, 5.41) is 2.99. The minimum Gasteiger partial charge on any atom is -0.381 e. The van der Waals surface area contributed by atoms with Crippen molar-refractivity contribution in [2.75, 3.05) is 7.11 Å². The predicted molar refractivity (Wildman–Crippen MR) is 65.6 cm³/mol.